The van der Waals surface area contributed by atoms with Crippen LogP contribution in [0.5, 0.6) is 0 Å². The molecule has 2 aromatic carbocycles. The van der Waals surface area contributed by atoms with E-state index in [9.17, 15) is 5.26 Å². The molecule has 3 nitrogen and oxygen atoms in total. The summed E-state index contributed by atoms with van der Waals surface area (Å²) in [5.41, 5.74) is 6.15. The van der Waals surface area contributed by atoms with Gasteiger partial charge in [0.2, 0.25) is 0 Å². The molecule has 3 aromatic rings. The second-order valence-corrected chi connectivity index (χ2v) is 6.54. The fourth-order valence-corrected chi connectivity index (χ4v) is 3.44. The van der Waals surface area contributed by atoms with Gasteiger partial charge < -0.3 is 4.52 Å². The van der Waals surface area contributed by atoms with E-state index >= 15 is 0 Å². The second kappa shape index (κ2) is 6.02. The summed E-state index contributed by atoms with van der Waals surface area (Å²) in [6.07, 6.45) is 0. The van der Waals surface area contributed by atoms with Crippen LogP contribution in [0.25, 0.3) is 22.6 Å². The molecular formula is C19H15BrN2O. The molecular weight excluding hydrogens is 352 g/mol. The molecule has 0 spiro atoms. The van der Waals surface area contributed by atoms with Gasteiger partial charge in [0, 0.05) is 15.6 Å². The molecule has 0 amide bonds. The summed E-state index contributed by atoms with van der Waals surface area (Å²) in [7, 11) is 0. The van der Waals surface area contributed by atoms with Gasteiger partial charge in [-0.2, -0.15) is 5.26 Å². The molecule has 0 fully saturated rings. The van der Waals surface area contributed by atoms with E-state index in [0.29, 0.717) is 17.0 Å². The molecule has 0 N–H and O–H groups in total. The lowest BCUT2D eigenvalue weighted by Gasteiger charge is -2.08. The Morgan fingerprint density at radius 1 is 1.04 bits per heavy atom. The number of nitriles is 1. The van der Waals surface area contributed by atoms with Gasteiger partial charge in [-0.3, -0.25) is 0 Å². The number of benzene rings is 2. The van der Waals surface area contributed by atoms with Crippen LogP contribution in [0.4, 0.5) is 0 Å². The number of nitrogens with zero attached hydrogens (tertiary/aromatic N) is 2. The Labute approximate surface area is 143 Å². The largest absolute Gasteiger partial charge is 0.354 e. The lowest BCUT2D eigenvalue weighted by Crippen LogP contribution is -1.91. The summed E-state index contributed by atoms with van der Waals surface area (Å²) in [6, 6.07) is 14.2. The minimum atomic E-state index is 0.474. The van der Waals surface area contributed by atoms with Crippen molar-refractivity contribution in [3.8, 4) is 28.7 Å². The molecule has 23 heavy (non-hydrogen) atoms. The predicted molar refractivity (Wildman–Crippen MR) is 94.0 cm³/mol. The first-order chi connectivity index (χ1) is 11.0. The van der Waals surface area contributed by atoms with Gasteiger partial charge in [0.05, 0.1) is 0 Å². The standard InChI is InChI=1S/C19H15BrN2O/c1-11-4-6-14(7-5-11)19-16(10-21)18(22-23-19)17-12(2)8-15(20)9-13(17)3/h4-9H,1-3H3. The molecule has 3 rings (SSSR count). The summed E-state index contributed by atoms with van der Waals surface area (Å²) in [5, 5.41) is 13.8. The molecule has 0 saturated carbocycles. The normalized spacial score (nSPS) is 10.6. The van der Waals surface area contributed by atoms with Crippen LogP contribution in [0.3, 0.4) is 0 Å². The maximum Gasteiger partial charge on any atom is 0.185 e. The number of halogens is 1. The van der Waals surface area contributed by atoms with Crippen molar-refractivity contribution in [2.75, 3.05) is 0 Å². The van der Waals surface area contributed by atoms with E-state index in [2.05, 4.69) is 27.2 Å². The van der Waals surface area contributed by atoms with Crippen molar-refractivity contribution in [2.45, 2.75) is 20.8 Å². The Balaban J connectivity index is 2.21. The Morgan fingerprint density at radius 2 is 1.65 bits per heavy atom. The van der Waals surface area contributed by atoms with Crippen molar-refractivity contribution in [2.24, 2.45) is 0 Å². The van der Waals surface area contributed by atoms with Crippen LogP contribution >= 0.6 is 15.9 Å². The smallest absolute Gasteiger partial charge is 0.185 e. The first kappa shape index (κ1) is 15.5. The van der Waals surface area contributed by atoms with Gasteiger partial charge in [-0.05, 0) is 44.0 Å². The van der Waals surface area contributed by atoms with E-state index < -0.39 is 0 Å². The Morgan fingerprint density at radius 3 is 2.22 bits per heavy atom. The minimum Gasteiger partial charge on any atom is -0.354 e. The van der Waals surface area contributed by atoms with Crippen molar-refractivity contribution in [3.05, 3.63) is 63.1 Å². The summed E-state index contributed by atoms with van der Waals surface area (Å²) in [5.74, 6) is 0.518. The van der Waals surface area contributed by atoms with E-state index in [1.807, 2.05) is 57.2 Å². The Bertz CT molecular complexity index is 895. The predicted octanol–water partition coefficient (Wildman–Crippen LogP) is 5.57. The maximum absolute atomic E-state index is 9.64. The SMILES string of the molecule is Cc1ccc(-c2onc(-c3c(C)cc(Br)cc3C)c2C#N)cc1. The van der Waals surface area contributed by atoms with E-state index in [1.165, 1.54) is 0 Å². The molecule has 114 valence electrons. The van der Waals surface area contributed by atoms with E-state index in [-0.39, 0.29) is 0 Å². The quantitative estimate of drug-likeness (QED) is 0.595. The molecule has 1 heterocycles. The molecule has 0 aliphatic heterocycles. The van der Waals surface area contributed by atoms with Crippen LogP contribution in [0, 0.1) is 32.1 Å². The Hall–Kier alpha value is -2.38. The Kier molecular flexibility index (Phi) is 4.06. The van der Waals surface area contributed by atoms with Crippen LogP contribution < -0.4 is 0 Å². The number of hydrogen-bond acceptors (Lipinski definition) is 3. The lowest BCUT2D eigenvalue weighted by molar-refractivity contribution is 0.434. The third-order valence-electron chi connectivity index (χ3n) is 3.85. The minimum absolute atomic E-state index is 0.474. The van der Waals surface area contributed by atoms with Gasteiger partial charge in [0.15, 0.2) is 5.76 Å². The average molecular weight is 367 g/mol. The van der Waals surface area contributed by atoms with Gasteiger partial charge in [-0.1, -0.05) is 50.9 Å². The molecule has 4 heteroatoms. The molecule has 0 atom stereocenters. The highest BCUT2D eigenvalue weighted by Crippen LogP contribution is 2.36. The van der Waals surface area contributed by atoms with E-state index in [0.717, 1.165) is 32.3 Å². The summed E-state index contributed by atoms with van der Waals surface area (Å²) >= 11 is 3.50. The van der Waals surface area contributed by atoms with Crippen molar-refractivity contribution in [1.29, 1.82) is 5.26 Å². The second-order valence-electron chi connectivity index (χ2n) is 5.63. The number of rotatable bonds is 2. The third kappa shape index (κ3) is 2.80. The first-order valence-electron chi connectivity index (χ1n) is 7.25. The number of hydrogen-bond donors (Lipinski definition) is 0. The fourth-order valence-electron chi connectivity index (χ4n) is 2.75. The zero-order chi connectivity index (χ0) is 16.6. The van der Waals surface area contributed by atoms with Crippen molar-refractivity contribution < 1.29 is 4.52 Å². The molecule has 0 saturated heterocycles. The van der Waals surface area contributed by atoms with Crippen LogP contribution in [0.2, 0.25) is 0 Å². The van der Waals surface area contributed by atoms with Crippen LogP contribution in [0.1, 0.15) is 22.3 Å². The highest BCUT2D eigenvalue weighted by Gasteiger charge is 2.21. The maximum atomic E-state index is 9.64. The number of aromatic nitrogens is 1. The van der Waals surface area contributed by atoms with Gasteiger partial charge in [0.25, 0.3) is 0 Å². The third-order valence-corrected chi connectivity index (χ3v) is 4.31. The van der Waals surface area contributed by atoms with E-state index in [1.54, 1.807) is 0 Å². The first-order valence-corrected chi connectivity index (χ1v) is 8.04. The van der Waals surface area contributed by atoms with Gasteiger partial charge >= 0.3 is 0 Å². The van der Waals surface area contributed by atoms with Gasteiger partial charge in [-0.25, -0.2) is 0 Å². The summed E-state index contributed by atoms with van der Waals surface area (Å²) in [6.45, 7) is 6.04. The van der Waals surface area contributed by atoms with Gasteiger partial charge in [-0.15, -0.1) is 0 Å². The average Bonchev–Trinajstić information content (AvgIpc) is 2.90. The number of aryl methyl sites for hydroxylation is 3. The van der Waals surface area contributed by atoms with Crippen LogP contribution in [-0.2, 0) is 0 Å². The molecule has 1 aromatic heterocycles. The van der Waals surface area contributed by atoms with E-state index in [4.69, 9.17) is 4.52 Å². The zero-order valence-electron chi connectivity index (χ0n) is 13.1. The molecule has 0 unspecified atom stereocenters. The summed E-state index contributed by atoms with van der Waals surface area (Å²) in [4.78, 5) is 0. The zero-order valence-corrected chi connectivity index (χ0v) is 14.7. The summed E-state index contributed by atoms with van der Waals surface area (Å²) < 4.78 is 6.53. The highest BCUT2D eigenvalue weighted by atomic mass is 79.9. The monoisotopic (exact) mass is 366 g/mol. The van der Waals surface area contributed by atoms with Crippen molar-refractivity contribution >= 4 is 15.9 Å². The molecule has 0 aliphatic carbocycles. The topological polar surface area (TPSA) is 49.8 Å². The van der Waals surface area contributed by atoms with Crippen LogP contribution in [-0.4, -0.2) is 5.16 Å². The molecule has 0 aliphatic rings. The van der Waals surface area contributed by atoms with Crippen LogP contribution in [0.15, 0.2) is 45.4 Å². The van der Waals surface area contributed by atoms with Gasteiger partial charge in [0.1, 0.15) is 17.3 Å². The molecule has 0 radical (unpaired) electrons. The fraction of sp³-hybridized carbons (Fsp3) is 0.158. The van der Waals surface area contributed by atoms with Crippen molar-refractivity contribution in [3.63, 3.8) is 0 Å². The van der Waals surface area contributed by atoms with Crippen molar-refractivity contribution in [1.82, 2.24) is 5.16 Å². The highest BCUT2D eigenvalue weighted by molar-refractivity contribution is 9.10. The lowest BCUT2D eigenvalue weighted by atomic mass is 9.96. The molecule has 0 bridgehead atoms.